The number of esters is 1. The van der Waals surface area contributed by atoms with Gasteiger partial charge in [0.2, 0.25) is 0 Å². The normalized spacial score (nSPS) is 17.2. The third-order valence-electron chi connectivity index (χ3n) is 7.29. The summed E-state index contributed by atoms with van der Waals surface area (Å²) in [5.41, 5.74) is 10.9. The average Bonchev–Trinajstić information content (AvgIpc) is 3.45. The molecule has 3 aromatic rings. The molecule has 212 valence electrons. The summed E-state index contributed by atoms with van der Waals surface area (Å²) in [6, 6.07) is 25.2. The summed E-state index contributed by atoms with van der Waals surface area (Å²) >= 11 is 0. The van der Waals surface area contributed by atoms with Crippen molar-refractivity contribution >= 4 is 12.0 Å². The molecule has 1 aliphatic rings. The molecule has 0 bridgehead atoms. The number of urea groups is 1. The summed E-state index contributed by atoms with van der Waals surface area (Å²) in [7, 11) is 1.65. The first-order valence-corrected chi connectivity index (χ1v) is 14.0. The highest BCUT2D eigenvalue weighted by molar-refractivity contribution is 5.77. The Hall–Kier alpha value is -3.88. The number of carbonyl (C=O) groups is 2. The number of ether oxygens (including phenoxy) is 2. The van der Waals surface area contributed by atoms with Gasteiger partial charge in [-0.3, -0.25) is 10.2 Å². The second-order valence-electron chi connectivity index (χ2n) is 10.0. The van der Waals surface area contributed by atoms with Gasteiger partial charge in [-0.15, -0.1) is 0 Å². The number of hydrazine groups is 1. The lowest BCUT2D eigenvalue weighted by atomic mass is 9.94. The van der Waals surface area contributed by atoms with Crippen molar-refractivity contribution in [1.82, 2.24) is 21.1 Å². The second kappa shape index (κ2) is 14.5. The van der Waals surface area contributed by atoms with Crippen LogP contribution < -0.4 is 20.9 Å². The minimum absolute atomic E-state index is 0.0214. The molecule has 8 heteroatoms. The third kappa shape index (κ3) is 7.83. The van der Waals surface area contributed by atoms with Gasteiger partial charge in [-0.25, -0.2) is 10.2 Å². The number of carbonyl (C=O) groups excluding carboxylic acids is 2. The van der Waals surface area contributed by atoms with Gasteiger partial charge in [0.25, 0.3) is 0 Å². The number of methoxy groups -OCH3 is 1. The number of benzene rings is 3. The Labute approximate surface area is 237 Å². The lowest BCUT2D eigenvalue weighted by Gasteiger charge is -2.30. The maximum absolute atomic E-state index is 13.9. The SMILES string of the molecule is CCOC(=O)CC(NC(=O)N(Cc1ccc(CC)cc1)CC1CNNC1c1ccc(OC)cc1)c1ccccc1. The van der Waals surface area contributed by atoms with E-state index in [0.717, 1.165) is 28.9 Å². The highest BCUT2D eigenvalue weighted by Crippen LogP contribution is 2.28. The first kappa shape index (κ1) is 29.1. The van der Waals surface area contributed by atoms with E-state index in [-0.39, 0.29) is 30.4 Å². The van der Waals surface area contributed by atoms with Crippen molar-refractivity contribution in [3.05, 3.63) is 101 Å². The molecule has 1 aliphatic heterocycles. The van der Waals surface area contributed by atoms with Crippen molar-refractivity contribution < 1.29 is 19.1 Å². The number of nitrogens with one attached hydrogen (secondary N) is 3. The van der Waals surface area contributed by atoms with Crippen LogP contribution in [0.5, 0.6) is 5.75 Å². The molecule has 3 aromatic carbocycles. The Morgan fingerprint density at radius 2 is 1.68 bits per heavy atom. The Kier molecular flexibility index (Phi) is 10.5. The molecule has 8 nitrogen and oxygen atoms in total. The van der Waals surface area contributed by atoms with Gasteiger partial charge < -0.3 is 19.7 Å². The molecule has 3 unspecified atom stereocenters. The van der Waals surface area contributed by atoms with Gasteiger partial charge in [-0.05, 0) is 47.7 Å². The predicted octanol–water partition coefficient (Wildman–Crippen LogP) is 4.93. The molecule has 2 amide bonds. The smallest absolute Gasteiger partial charge is 0.318 e. The van der Waals surface area contributed by atoms with Crippen LogP contribution in [-0.4, -0.2) is 43.7 Å². The summed E-state index contributed by atoms with van der Waals surface area (Å²) in [6.45, 7) is 5.87. The van der Waals surface area contributed by atoms with Gasteiger partial charge in [0.15, 0.2) is 0 Å². The molecule has 40 heavy (non-hydrogen) atoms. The number of hydrogen-bond donors (Lipinski definition) is 3. The molecule has 0 aliphatic carbocycles. The van der Waals surface area contributed by atoms with E-state index in [1.54, 1.807) is 14.0 Å². The van der Waals surface area contributed by atoms with E-state index in [1.165, 1.54) is 5.56 Å². The minimum Gasteiger partial charge on any atom is -0.497 e. The average molecular weight is 545 g/mol. The molecular formula is C32H40N4O4. The summed E-state index contributed by atoms with van der Waals surface area (Å²) in [5.74, 6) is 0.577. The number of nitrogens with zero attached hydrogens (tertiary/aromatic N) is 1. The molecule has 3 atom stereocenters. The van der Waals surface area contributed by atoms with Crippen molar-refractivity contribution in [2.45, 2.75) is 45.3 Å². The number of hydrogen-bond acceptors (Lipinski definition) is 6. The molecular weight excluding hydrogens is 504 g/mol. The van der Waals surface area contributed by atoms with Crippen LogP contribution in [0, 0.1) is 5.92 Å². The van der Waals surface area contributed by atoms with Gasteiger partial charge in [0.05, 0.1) is 32.2 Å². The van der Waals surface area contributed by atoms with Crippen LogP contribution in [0.25, 0.3) is 0 Å². The molecule has 0 radical (unpaired) electrons. The Morgan fingerprint density at radius 1 is 0.975 bits per heavy atom. The Morgan fingerprint density at radius 3 is 2.33 bits per heavy atom. The quantitative estimate of drug-likeness (QED) is 0.280. The van der Waals surface area contributed by atoms with Crippen molar-refractivity contribution in [3.63, 3.8) is 0 Å². The topological polar surface area (TPSA) is 91.9 Å². The Bertz CT molecular complexity index is 1220. The molecule has 0 spiro atoms. The zero-order valence-corrected chi connectivity index (χ0v) is 23.6. The van der Waals surface area contributed by atoms with Gasteiger partial charge in [0, 0.05) is 25.6 Å². The molecule has 3 N–H and O–H groups in total. The van der Waals surface area contributed by atoms with E-state index >= 15 is 0 Å². The standard InChI is InChI=1S/C32H40N4O4/c1-4-23-11-13-24(14-12-23)21-36(22-27-20-33-35-31(27)26-15-17-28(39-3)18-16-26)32(38)34-29(19-30(37)40-5-2)25-9-7-6-8-10-25/h6-18,27,29,31,33,35H,4-5,19-22H2,1-3H3,(H,34,38). The van der Waals surface area contributed by atoms with Gasteiger partial charge >= 0.3 is 12.0 Å². The van der Waals surface area contributed by atoms with Crippen molar-refractivity contribution in [1.29, 1.82) is 0 Å². The molecule has 1 saturated heterocycles. The summed E-state index contributed by atoms with van der Waals surface area (Å²) in [5, 5.41) is 3.14. The fraction of sp³-hybridized carbons (Fsp3) is 0.375. The fourth-order valence-corrected chi connectivity index (χ4v) is 5.04. The lowest BCUT2D eigenvalue weighted by molar-refractivity contribution is -0.143. The van der Waals surface area contributed by atoms with E-state index in [0.29, 0.717) is 26.2 Å². The van der Waals surface area contributed by atoms with Crippen LogP contribution >= 0.6 is 0 Å². The van der Waals surface area contributed by atoms with Crippen LogP contribution in [0.3, 0.4) is 0 Å². The van der Waals surface area contributed by atoms with Crippen molar-refractivity contribution in [2.24, 2.45) is 5.92 Å². The largest absolute Gasteiger partial charge is 0.497 e. The highest BCUT2D eigenvalue weighted by atomic mass is 16.5. The lowest BCUT2D eigenvalue weighted by Crippen LogP contribution is -2.45. The van der Waals surface area contributed by atoms with Crippen LogP contribution in [0.1, 0.15) is 54.6 Å². The molecule has 1 heterocycles. The molecule has 4 rings (SSSR count). The van der Waals surface area contributed by atoms with Crippen LogP contribution in [0.15, 0.2) is 78.9 Å². The minimum atomic E-state index is -0.505. The first-order chi connectivity index (χ1) is 19.5. The second-order valence-corrected chi connectivity index (χ2v) is 10.0. The van der Waals surface area contributed by atoms with E-state index in [2.05, 4.69) is 59.5 Å². The van der Waals surface area contributed by atoms with Gasteiger partial charge in [-0.2, -0.15) is 0 Å². The van der Waals surface area contributed by atoms with E-state index in [9.17, 15) is 9.59 Å². The zero-order valence-electron chi connectivity index (χ0n) is 23.6. The third-order valence-corrected chi connectivity index (χ3v) is 7.29. The van der Waals surface area contributed by atoms with Crippen molar-refractivity contribution in [2.75, 3.05) is 26.8 Å². The van der Waals surface area contributed by atoms with Crippen LogP contribution in [0.2, 0.25) is 0 Å². The predicted molar refractivity (Wildman–Crippen MR) is 156 cm³/mol. The summed E-state index contributed by atoms with van der Waals surface area (Å²) in [6.07, 6.45) is 1.02. The van der Waals surface area contributed by atoms with E-state index in [1.807, 2.05) is 47.4 Å². The van der Waals surface area contributed by atoms with Crippen LogP contribution in [0.4, 0.5) is 4.79 Å². The van der Waals surface area contributed by atoms with Crippen LogP contribution in [-0.2, 0) is 22.5 Å². The Balaban J connectivity index is 1.56. The first-order valence-electron chi connectivity index (χ1n) is 14.0. The van der Waals surface area contributed by atoms with Gasteiger partial charge in [-0.1, -0.05) is 73.7 Å². The number of amides is 2. The molecule has 1 fully saturated rings. The van der Waals surface area contributed by atoms with E-state index < -0.39 is 6.04 Å². The van der Waals surface area contributed by atoms with Gasteiger partial charge in [0.1, 0.15) is 5.75 Å². The summed E-state index contributed by atoms with van der Waals surface area (Å²) in [4.78, 5) is 28.2. The fourth-order valence-electron chi connectivity index (χ4n) is 5.04. The monoisotopic (exact) mass is 544 g/mol. The highest BCUT2D eigenvalue weighted by Gasteiger charge is 2.32. The van der Waals surface area contributed by atoms with E-state index in [4.69, 9.17) is 9.47 Å². The maximum atomic E-state index is 13.9. The number of rotatable bonds is 12. The molecule has 0 aromatic heterocycles. The van der Waals surface area contributed by atoms with Crippen molar-refractivity contribution in [3.8, 4) is 5.75 Å². The summed E-state index contributed by atoms with van der Waals surface area (Å²) < 4.78 is 10.5. The maximum Gasteiger partial charge on any atom is 0.318 e. The molecule has 0 saturated carbocycles. The number of aryl methyl sites for hydroxylation is 1. The zero-order chi connectivity index (χ0) is 28.3.